The minimum Gasteiger partial charge on any atom is -0.384 e. The van der Waals surface area contributed by atoms with Gasteiger partial charge in [-0.15, -0.1) is 11.3 Å². The molecule has 2 heterocycles. The van der Waals surface area contributed by atoms with Crippen LogP contribution in [0.3, 0.4) is 0 Å². The van der Waals surface area contributed by atoms with E-state index in [1.165, 1.54) is 15.0 Å². The van der Waals surface area contributed by atoms with Gasteiger partial charge >= 0.3 is 0 Å². The molecule has 2 aromatic heterocycles. The summed E-state index contributed by atoms with van der Waals surface area (Å²) >= 11 is 1.75. The predicted octanol–water partition coefficient (Wildman–Crippen LogP) is 6.34. The fourth-order valence-corrected chi connectivity index (χ4v) is 4.19. The lowest BCUT2D eigenvalue weighted by Gasteiger charge is -1.96. The second kappa shape index (κ2) is 8.35. The molecule has 0 spiro atoms. The lowest BCUT2D eigenvalue weighted by atomic mass is 10.1. The summed E-state index contributed by atoms with van der Waals surface area (Å²) in [4.78, 5) is 4.53. The highest BCUT2D eigenvalue weighted by atomic mass is 32.1. The molecule has 0 amide bonds. The van der Waals surface area contributed by atoms with Crippen LogP contribution in [-0.4, -0.2) is 16.5 Å². The summed E-state index contributed by atoms with van der Waals surface area (Å²) in [5, 5.41) is 17.5. The van der Waals surface area contributed by atoms with E-state index in [0.29, 0.717) is 5.71 Å². The maximum atomic E-state index is 7.77. The van der Waals surface area contributed by atoms with E-state index in [2.05, 4.69) is 29.3 Å². The monoisotopic (exact) mass is 410 g/mol. The first-order valence-corrected chi connectivity index (χ1v) is 10.4. The third kappa shape index (κ3) is 4.31. The number of amidine groups is 1. The molecule has 0 unspecified atom stereocenters. The molecule has 4 nitrogen and oxygen atoms in total. The summed E-state index contributed by atoms with van der Waals surface area (Å²) in [5.41, 5.74) is 9.86. The number of fused-ring (bicyclic) bond motifs is 2. The molecule has 0 radical (unpaired) electrons. The van der Waals surface area contributed by atoms with E-state index in [0.717, 1.165) is 27.7 Å². The summed E-state index contributed by atoms with van der Waals surface area (Å²) in [7, 11) is 0. The van der Waals surface area contributed by atoms with Gasteiger partial charge in [0.2, 0.25) is 0 Å². The first kappa shape index (κ1) is 19.6. The smallest absolute Gasteiger partial charge is 0.122 e. The van der Waals surface area contributed by atoms with Crippen molar-refractivity contribution >= 4 is 56.0 Å². The van der Waals surface area contributed by atoms with Gasteiger partial charge in [-0.3, -0.25) is 5.41 Å². The Balaban J connectivity index is 1.42. The molecule has 0 atom stereocenters. The number of allylic oxidation sites excluding steroid dienone is 4. The van der Waals surface area contributed by atoms with Gasteiger partial charge in [0.15, 0.2) is 0 Å². The summed E-state index contributed by atoms with van der Waals surface area (Å²) in [6.45, 7) is 1.81. The van der Waals surface area contributed by atoms with Crippen LogP contribution in [0, 0.1) is 10.8 Å². The third-order valence-corrected chi connectivity index (χ3v) is 5.87. The van der Waals surface area contributed by atoms with Crippen molar-refractivity contribution in [1.29, 1.82) is 10.8 Å². The number of hydrogen-bond donors (Lipinski definition) is 4. The van der Waals surface area contributed by atoms with E-state index in [1.807, 2.05) is 67.6 Å². The average Bonchev–Trinajstić information content (AvgIpc) is 3.32. The van der Waals surface area contributed by atoms with Crippen molar-refractivity contribution in [2.24, 2.45) is 5.73 Å². The molecule has 148 valence electrons. The molecule has 5 heteroatoms. The van der Waals surface area contributed by atoms with Crippen molar-refractivity contribution in [2.45, 2.75) is 6.92 Å². The second-order valence-electron chi connectivity index (χ2n) is 7.07. The first-order valence-electron chi connectivity index (χ1n) is 9.57. The Kier molecular flexibility index (Phi) is 5.46. The molecule has 4 aromatic rings. The number of nitrogen functional groups attached to an aromatic ring is 1. The van der Waals surface area contributed by atoms with E-state index in [4.69, 9.17) is 16.6 Å². The Morgan fingerprint density at radius 3 is 2.37 bits per heavy atom. The Morgan fingerprint density at radius 1 is 0.867 bits per heavy atom. The number of nitrogens with two attached hydrogens (primary N) is 1. The van der Waals surface area contributed by atoms with Crippen molar-refractivity contribution in [3.8, 4) is 0 Å². The summed E-state index contributed by atoms with van der Waals surface area (Å²) < 4.78 is 1.23. The number of H-pyrrole nitrogens is 1. The van der Waals surface area contributed by atoms with Crippen molar-refractivity contribution in [3.05, 3.63) is 94.5 Å². The Morgan fingerprint density at radius 2 is 1.60 bits per heavy atom. The van der Waals surface area contributed by atoms with Crippen molar-refractivity contribution in [1.82, 2.24) is 4.98 Å². The van der Waals surface area contributed by atoms with Crippen molar-refractivity contribution < 1.29 is 0 Å². The number of rotatable bonds is 6. The van der Waals surface area contributed by atoms with Crippen molar-refractivity contribution in [3.63, 3.8) is 0 Å². The first-order chi connectivity index (χ1) is 14.5. The third-order valence-electron chi connectivity index (χ3n) is 4.79. The highest BCUT2D eigenvalue weighted by Crippen LogP contribution is 2.27. The number of hydrogen-bond acceptors (Lipinski definition) is 3. The molecule has 4 rings (SSSR count). The standard InChI is InChI=1S/C25H22N4S/c1-16(26)17-9-11-24-20(12-17)15-22(30-24)7-5-3-2-4-6-21-14-19-13-18(25(27)28)8-10-23(19)29-21/h2-15,26,29H,1H3,(H3,27,28)/b3-2+,6-4+,7-5+,26-16?. The minimum atomic E-state index is 0.0776. The number of thiophene rings is 1. The minimum absolute atomic E-state index is 0.0776. The maximum Gasteiger partial charge on any atom is 0.122 e. The molecule has 0 aliphatic heterocycles. The van der Waals surface area contributed by atoms with Gasteiger partial charge < -0.3 is 16.1 Å². The van der Waals surface area contributed by atoms with Gasteiger partial charge in [0.05, 0.1) is 0 Å². The van der Waals surface area contributed by atoms with Gasteiger partial charge in [-0.1, -0.05) is 30.4 Å². The zero-order valence-electron chi connectivity index (χ0n) is 16.6. The largest absolute Gasteiger partial charge is 0.384 e. The summed E-state index contributed by atoms with van der Waals surface area (Å²) in [6.07, 6.45) is 12.1. The van der Waals surface area contributed by atoms with Crippen LogP contribution in [0.2, 0.25) is 0 Å². The number of benzene rings is 2. The molecule has 0 aliphatic carbocycles. The number of aromatic nitrogens is 1. The average molecular weight is 411 g/mol. The van der Waals surface area contributed by atoms with Gasteiger partial charge in [-0.05, 0) is 72.5 Å². The van der Waals surface area contributed by atoms with Gasteiger partial charge in [-0.25, -0.2) is 0 Å². The lowest BCUT2D eigenvalue weighted by molar-refractivity contribution is 1.42. The van der Waals surface area contributed by atoms with Crippen LogP contribution in [0.25, 0.3) is 33.1 Å². The van der Waals surface area contributed by atoms with Gasteiger partial charge in [-0.2, -0.15) is 0 Å². The molecular formula is C25H22N4S. The van der Waals surface area contributed by atoms with Crippen LogP contribution >= 0.6 is 11.3 Å². The van der Waals surface area contributed by atoms with Crippen LogP contribution < -0.4 is 5.73 Å². The molecule has 30 heavy (non-hydrogen) atoms. The van der Waals surface area contributed by atoms with Gasteiger partial charge in [0, 0.05) is 37.4 Å². The molecular weight excluding hydrogens is 388 g/mol. The highest BCUT2D eigenvalue weighted by molar-refractivity contribution is 7.19. The fraction of sp³-hybridized carbons (Fsp3) is 0.0400. The normalized spacial score (nSPS) is 12.2. The molecule has 5 N–H and O–H groups in total. The molecule has 0 saturated carbocycles. The van der Waals surface area contributed by atoms with Crippen molar-refractivity contribution in [2.75, 3.05) is 0 Å². The fourth-order valence-electron chi connectivity index (χ4n) is 3.23. The topological polar surface area (TPSA) is 89.5 Å². The number of nitrogens with one attached hydrogen (secondary N) is 3. The maximum absolute atomic E-state index is 7.77. The summed E-state index contributed by atoms with van der Waals surface area (Å²) in [5.74, 6) is 0.0776. The zero-order valence-corrected chi connectivity index (χ0v) is 17.4. The summed E-state index contributed by atoms with van der Waals surface area (Å²) in [6, 6.07) is 16.1. The van der Waals surface area contributed by atoms with E-state index < -0.39 is 0 Å². The molecule has 0 bridgehead atoms. The highest BCUT2D eigenvalue weighted by Gasteiger charge is 2.03. The second-order valence-corrected chi connectivity index (χ2v) is 8.19. The lowest BCUT2D eigenvalue weighted by Crippen LogP contribution is -2.10. The van der Waals surface area contributed by atoms with E-state index in [9.17, 15) is 0 Å². The Bertz CT molecular complexity index is 1240. The van der Waals surface area contributed by atoms with Crippen LogP contribution in [0.1, 0.15) is 28.6 Å². The predicted molar refractivity (Wildman–Crippen MR) is 131 cm³/mol. The van der Waals surface area contributed by atoms with Crippen LogP contribution in [0.15, 0.2) is 72.8 Å². The SMILES string of the molecule is CC(=N)c1ccc2sc(/C=C/C=C/C=C/c3cc4cc(C(=N)N)ccc4[nH]3)cc2c1. The molecule has 0 saturated heterocycles. The molecule has 0 aliphatic rings. The quantitative estimate of drug-likeness (QED) is 0.167. The Labute approximate surface area is 179 Å². The Hall–Kier alpha value is -3.70. The van der Waals surface area contributed by atoms with Crippen LogP contribution in [0.5, 0.6) is 0 Å². The molecule has 0 fully saturated rings. The van der Waals surface area contributed by atoms with Crippen LogP contribution in [-0.2, 0) is 0 Å². The zero-order chi connectivity index (χ0) is 21.1. The van der Waals surface area contributed by atoms with Gasteiger partial charge in [0.25, 0.3) is 0 Å². The van der Waals surface area contributed by atoms with Gasteiger partial charge in [0.1, 0.15) is 5.84 Å². The van der Waals surface area contributed by atoms with E-state index in [-0.39, 0.29) is 5.84 Å². The number of aromatic amines is 1. The van der Waals surface area contributed by atoms with E-state index in [1.54, 1.807) is 11.3 Å². The van der Waals surface area contributed by atoms with E-state index >= 15 is 0 Å². The van der Waals surface area contributed by atoms with Crippen LogP contribution in [0.4, 0.5) is 0 Å². The molecule has 2 aromatic carbocycles.